The van der Waals surface area contributed by atoms with Crippen LogP contribution in [0.5, 0.6) is 0 Å². The molecule has 602 valence electrons. The molecule has 0 bridgehead atoms. The van der Waals surface area contributed by atoms with Gasteiger partial charge in [-0.2, -0.15) is 25.0 Å². The number of ketones is 1. The van der Waals surface area contributed by atoms with E-state index < -0.39 is 0 Å². The van der Waals surface area contributed by atoms with Gasteiger partial charge < -0.3 is 19.6 Å². The normalized spacial score (nSPS) is 16.7. The second-order valence-corrected chi connectivity index (χ2v) is 32.1. The Morgan fingerprint density at radius 2 is 1.03 bits per heavy atom. The van der Waals surface area contributed by atoms with Gasteiger partial charge in [-0.15, -0.1) is 95.6 Å². The number of allylic oxidation sites excluding steroid dienone is 15. The molecule has 0 saturated heterocycles. The number of hydrogen-bond donors (Lipinski definition) is 1. The fourth-order valence-corrected chi connectivity index (χ4v) is 19.8. The van der Waals surface area contributed by atoms with Crippen LogP contribution in [0.4, 0.5) is 0 Å². The van der Waals surface area contributed by atoms with Crippen LogP contribution in [0.15, 0.2) is 405 Å². The molecule has 0 amide bonds. The number of pyridine rings is 2. The first kappa shape index (κ1) is 80.6. The minimum Gasteiger partial charge on any atom is -0.512 e. The molecule has 1 N–H and O–H groups in total. The fourth-order valence-electron chi connectivity index (χ4n) is 18.6. The van der Waals surface area contributed by atoms with Crippen molar-refractivity contribution >= 4 is 87.6 Å². The van der Waals surface area contributed by atoms with E-state index in [2.05, 4.69) is 303 Å². The van der Waals surface area contributed by atoms with E-state index in [4.69, 9.17) is 10.1 Å². The van der Waals surface area contributed by atoms with E-state index in [0.29, 0.717) is 29.6 Å². The molecule has 15 heteroatoms. The van der Waals surface area contributed by atoms with Crippen LogP contribution in [-0.4, -0.2) is 44.1 Å². The van der Waals surface area contributed by atoms with Gasteiger partial charge in [-0.25, -0.2) is 13.7 Å². The van der Waals surface area contributed by atoms with Crippen LogP contribution in [-0.2, 0) is 64.6 Å². The van der Waals surface area contributed by atoms with Gasteiger partial charge >= 0.3 is 0 Å². The van der Waals surface area contributed by atoms with E-state index in [-0.39, 0.29) is 51.8 Å². The van der Waals surface area contributed by atoms with Crippen LogP contribution in [0, 0.1) is 24.1 Å². The molecule has 5 unspecified atom stereocenters. The number of aliphatic hydroxyl groups is 1. The molecule has 2 radical (unpaired) electrons. The molecule has 8 aliphatic rings. The van der Waals surface area contributed by atoms with Crippen LogP contribution in [0.3, 0.4) is 0 Å². The Bertz CT molecular complexity index is 7120. The molecule has 0 fully saturated rings. The number of rotatable bonds is 6. The molecule has 11 aromatic carbocycles. The summed E-state index contributed by atoms with van der Waals surface area (Å²) in [5, 5.41) is 11.0. The zero-order valence-electron chi connectivity index (χ0n) is 67.6. The van der Waals surface area contributed by atoms with Crippen molar-refractivity contribution in [1.82, 2.24) is 33.2 Å². The van der Waals surface area contributed by atoms with Crippen molar-refractivity contribution in [1.29, 1.82) is 0 Å². The van der Waals surface area contributed by atoms with Crippen molar-refractivity contribution in [3.63, 3.8) is 0 Å². The molecule has 7 aromatic heterocycles. The number of benzene rings is 11. The summed E-state index contributed by atoms with van der Waals surface area (Å²) >= 11 is 1.81. The molecular weight excluding hydrogens is 1890 g/mol. The summed E-state index contributed by atoms with van der Waals surface area (Å²) in [5.41, 5.74) is 25.0. The number of nitrogens with zero attached hydrogens (tertiary/aromatic N) is 10. The fraction of sp³-hybridized carbons (Fsp3) is 0.102. The first-order valence-electron chi connectivity index (χ1n) is 41.3. The number of aliphatic hydroxyl groups excluding tert-OH is 1. The maximum Gasteiger partial charge on any atom is 0.271 e. The average molecular weight is 1970 g/mol. The third-order valence-corrected chi connectivity index (χ3v) is 24.8. The molecule has 12 heterocycles. The van der Waals surface area contributed by atoms with E-state index in [1.165, 1.54) is 113 Å². The van der Waals surface area contributed by atoms with Gasteiger partial charge in [0.05, 0.1) is 46.6 Å². The topological polar surface area (TPSA) is 107 Å². The molecular formula is C108H84Ir2N10O2S. The van der Waals surface area contributed by atoms with Gasteiger partial charge in [0, 0.05) is 86.5 Å². The number of aromatic nitrogens is 10. The summed E-state index contributed by atoms with van der Waals surface area (Å²) in [4.78, 5) is 23.5. The molecule has 0 spiro atoms. The molecule has 12 nitrogen and oxygen atoms in total. The molecule has 18 aromatic rings. The third kappa shape index (κ3) is 15.4. The SMILES string of the molecule is C1=CC2C=Cn3c4[n+](c5ccccc53)CC(=C1)C42.C1=CC2c3ccccc3-n3c4[n+](c5ccccc53)CC(=C1)C42.C1=CCC2C(=C1)C[n+]1c2n(-c2ccccc2)c2ccccc21.CC(=O)C=C(C)O.[Ir].[Ir].[c-]1ccc2c(sc3ccccc32)c1-c1ccccn1.[c-]1ccccc1-c1ccccn1.[c-]1ccccc1-c1nc2ccccc2n1-c1ccccc1. The Labute approximate surface area is 745 Å². The van der Waals surface area contributed by atoms with Crippen molar-refractivity contribution in [3.8, 4) is 51.0 Å². The maximum absolute atomic E-state index is 10.0. The van der Waals surface area contributed by atoms with Gasteiger partial charge in [-0.1, -0.05) is 206 Å². The molecule has 5 aliphatic heterocycles. The molecule has 123 heavy (non-hydrogen) atoms. The van der Waals surface area contributed by atoms with E-state index in [1.807, 2.05) is 145 Å². The van der Waals surface area contributed by atoms with Crippen molar-refractivity contribution in [2.24, 2.45) is 5.92 Å². The molecule has 26 rings (SSSR count). The summed E-state index contributed by atoms with van der Waals surface area (Å²) in [6.45, 7) is 5.95. The van der Waals surface area contributed by atoms with E-state index in [1.54, 1.807) is 17.3 Å². The molecule has 5 atom stereocenters. The Balaban J connectivity index is 0.0000000995. The maximum atomic E-state index is 10.0. The summed E-state index contributed by atoms with van der Waals surface area (Å²) in [7, 11) is 0. The second-order valence-electron chi connectivity index (χ2n) is 31.0. The number of carbonyl (C=O) groups is 1. The van der Waals surface area contributed by atoms with E-state index in [9.17, 15) is 4.79 Å². The van der Waals surface area contributed by atoms with Crippen LogP contribution < -0.4 is 13.7 Å². The Morgan fingerprint density at radius 3 is 1.72 bits per heavy atom. The molecule has 0 saturated carbocycles. The second kappa shape index (κ2) is 35.7. The Kier molecular flexibility index (Phi) is 23.4. The van der Waals surface area contributed by atoms with Gasteiger partial charge in [0.2, 0.25) is 0 Å². The third-order valence-electron chi connectivity index (χ3n) is 23.6. The number of hydrogen-bond acceptors (Lipinski definition) is 6. The number of para-hydroxylation sites is 11. The van der Waals surface area contributed by atoms with Crippen LogP contribution in [0.2, 0.25) is 0 Å². The first-order chi connectivity index (χ1) is 59.8. The minimum atomic E-state index is -0.125. The predicted octanol–water partition coefficient (Wildman–Crippen LogP) is 23.1. The standard InChI is InChI=1S/C20H15N2.C20H17N2.C19H13N2.C17H10NS.C16H13N2.C11H8N.C5H8O2.2Ir/c1-2-9-16-14(7-1)15-8-5-6-13-12-21-17-10-3-4-11-18(17)22(16)20(21)19(13)15;1-2-9-16(10-3-1)22-19-13-7-6-12-18(19)21-14-15-8-4-5-11-17(15)20(21)22;1-3-9-15(10-4-1)19-20-17-13-7-8-14-18(17)21(19)16-11-5-2-6-12-16;1-2-10-16-12(6-1)13-7-5-8-14(17(13)19-16)15-9-3-4-11-18-15;1-2-7-14-13(6-1)17-9-8-11-4-3-5-12-10-18(14)16(17)15(11)12;1-2-6-10(7-3-1)11-8-4-5-9-12-11;1-4(6)3-5(2)7;;/h1-11,15,19H,12H2;1-10,12-13,17H,11,14H2;1-9,11-14H;1-7,9-11H;1-9,11,15H,10H2;1-6,8-9H;3,6H,1-2H3;;/q2*+1;2*-1;+1;-1;;;. The number of carbonyl (C=O) groups excluding carboxylic acids is 1. The van der Waals surface area contributed by atoms with Gasteiger partial charge in [-0.3, -0.25) is 9.78 Å². The van der Waals surface area contributed by atoms with Crippen molar-refractivity contribution in [2.75, 3.05) is 0 Å². The van der Waals surface area contributed by atoms with Crippen molar-refractivity contribution in [2.45, 2.75) is 63.6 Å². The monoisotopic (exact) mass is 1970 g/mol. The van der Waals surface area contributed by atoms with Gasteiger partial charge in [0.1, 0.15) is 31.0 Å². The number of thiophene rings is 1. The summed E-state index contributed by atoms with van der Waals surface area (Å²) < 4.78 is 19.6. The van der Waals surface area contributed by atoms with Gasteiger partial charge in [0.25, 0.3) is 17.5 Å². The van der Waals surface area contributed by atoms with E-state index >= 15 is 0 Å². The summed E-state index contributed by atoms with van der Waals surface area (Å²) in [6, 6.07) is 114. The Hall–Kier alpha value is -13.5. The van der Waals surface area contributed by atoms with Crippen molar-refractivity contribution in [3.05, 3.63) is 446 Å². The van der Waals surface area contributed by atoms with E-state index in [0.717, 1.165) is 76.7 Å². The summed E-state index contributed by atoms with van der Waals surface area (Å²) in [5.74, 6) is 7.81. The first-order valence-corrected chi connectivity index (χ1v) is 42.1. The quantitative estimate of drug-likeness (QED) is 0.0772. The van der Waals surface area contributed by atoms with Gasteiger partial charge in [-0.05, 0) is 162 Å². The number of imidazole rings is 4. The molecule has 3 aliphatic carbocycles. The van der Waals surface area contributed by atoms with Crippen LogP contribution >= 0.6 is 11.3 Å². The van der Waals surface area contributed by atoms with Crippen molar-refractivity contribution < 1.29 is 63.8 Å². The Morgan fingerprint density at radius 1 is 0.472 bits per heavy atom. The largest absolute Gasteiger partial charge is 0.512 e. The van der Waals surface area contributed by atoms with Crippen LogP contribution in [0.25, 0.3) is 121 Å². The number of fused-ring (bicyclic) bond motifs is 18. The average Bonchev–Trinajstić information content (AvgIpc) is 1.54. The summed E-state index contributed by atoms with van der Waals surface area (Å²) in [6.07, 6.45) is 31.0. The van der Waals surface area contributed by atoms with Crippen LogP contribution in [0.1, 0.15) is 67.0 Å². The van der Waals surface area contributed by atoms with Gasteiger partial charge in [0.15, 0.2) is 38.9 Å². The minimum absolute atomic E-state index is 0. The predicted molar refractivity (Wildman–Crippen MR) is 487 cm³/mol. The zero-order valence-corrected chi connectivity index (χ0v) is 73.2. The smallest absolute Gasteiger partial charge is 0.271 e. The zero-order chi connectivity index (χ0) is 81.3.